The second-order valence-corrected chi connectivity index (χ2v) is 5.48. The molecule has 3 heterocycles. The van der Waals surface area contributed by atoms with Crippen molar-refractivity contribution in [1.82, 2.24) is 20.1 Å². The lowest BCUT2D eigenvalue weighted by Crippen LogP contribution is -2.36. The van der Waals surface area contributed by atoms with Crippen LogP contribution >= 0.6 is 0 Å². The molecule has 4 rings (SSSR count). The monoisotopic (exact) mass is 266 g/mol. The van der Waals surface area contributed by atoms with Gasteiger partial charge >= 0.3 is 0 Å². The van der Waals surface area contributed by atoms with E-state index in [1.807, 2.05) is 6.20 Å². The number of aromatic nitrogens is 3. The van der Waals surface area contributed by atoms with Crippen molar-refractivity contribution in [3.63, 3.8) is 0 Å². The fourth-order valence-corrected chi connectivity index (χ4v) is 3.07. The summed E-state index contributed by atoms with van der Waals surface area (Å²) in [5, 5.41) is 9.33. The summed E-state index contributed by atoms with van der Waals surface area (Å²) < 4.78 is 2.11. The van der Waals surface area contributed by atoms with E-state index in [2.05, 4.69) is 56.6 Å². The van der Waals surface area contributed by atoms with Crippen LogP contribution in [-0.4, -0.2) is 20.8 Å². The zero-order valence-corrected chi connectivity index (χ0v) is 11.3. The molecule has 4 heteroatoms. The van der Waals surface area contributed by atoms with Crippen molar-refractivity contribution in [1.29, 1.82) is 0 Å². The van der Waals surface area contributed by atoms with Crippen LogP contribution in [0.15, 0.2) is 42.7 Å². The number of aromatic amines is 1. The van der Waals surface area contributed by atoms with Crippen LogP contribution in [0, 0.1) is 0 Å². The van der Waals surface area contributed by atoms with E-state index in [1.54, 1.807) is 0 Å². The Morgan fingerprint density at radius 2 is 2.25 bits per heavy atom. The molecule has 0 unspecified atom stereocenters. The molecule has 0 bridgehead atoms. The molecule has 0 saturated heterocycles. The van der Waals surface area contributed by atoms with Crippen molar-refractivity contribution in [2.24, 2.45) is 0 Å². The van der Waals surface area contributed by atoms with E-state index in [-0.39, 0.29) is 0 Å². The van der Waals surface area contributed by atoms with Crippen LogP contribution in [0.3, 0.4) is 0 Å². The molecule has 1 aliphatic heterocycles. The highest BCUT2D eigenvalue weighted by Crippen LogP contribution is 2.19. The fourth-order valence-electron chi connectivity index (χ4n) is 3.07. The lowest BCUT2D eigenvalue weighted by molar-refractivity contribution is 0.379. The zero-order chi connectivity index (χ0) is 13.4. The Morgan fingerprint density at radius 3 is 3.25 bits per heavy atom. The van der Waals surface area contributed by atoms with E-state index in [0.29, 0.717) is 6.04 Å². The highest BCUT2D eigenvalue weighted by molar-refractivity contribution is 5.82. The van der Waals surface area contributed by atoms with Gasteiger partial charge in [-0.05, 0) is 24.1 Å². The van der Waals surface area contributed by atoms with Crippen LogP contribution in [0.5, 0.6) is 0 Å². The van der Waals surface area contributed by atoms with Gasteiger partial charge in [0, 0.05) is 54.5 Å². The molecule has 3 aromatic rings. The molecule has 0 aliphatic carbocycles. The second-order valence-electron chi connectivity index (χ2n) is 5.48. The van der Waals surface area contributed by atoms with E-state index in [4.69, 9.17) is 0 Å². The van der Waals surface area contributed by atoms with Crippen molar-refractivity contribution >= 4 is 10.9 Å². The zero-order valence-electron chi connectivity index (χ0n) is 11.3. The molecule has 1 aliphatic rings. The molecule has 1 aromatic carbocycles. The van der Waals surface area contributed by atoms with E-state index in [9.17, 15) is 0 Å². The van der Waals surface area contributed by atoms with E-state index < -0.39 is 0 Å². The number of para-hydroxylation sites is 1. The first-order chi connectivity index (χ1) is 9.90. The highest BCUT2D eigenvalue weighted by atomic mass is 15.3. The molecular formula is C16H18N4. The van der Waals surface area contributed by atoms with Crippen LogP contribution in [0.1, 0.15) is 17.7 Å². The summed E-state index contributed by atoms with van der Waals surface area (Å²) in [5.74, 6) is 0. The normalized spacial score (nSPS) is 18.3. The van der Waals surface area contributed by atoms with Crippen molar-refractivity contribution in [3.05, 3.63) is 54.0 Å². The van der Waals surface area contributed by atoms with Gasteiger partial charge in [0.05, 0.1) is 0 Å². The predicted octanol–water partition coefficient (Wildman–Crippen LogP) is 2.47. The molecular weight excluding hydrogens is 248 g/mol. The Labute approximate surface area is 117 Å². The Balaban J connectivity index is 1.46. The molecule has 4 nitrogen and oxygen atoms in total. The van der Waals surface area contributed by atoms with Gasteiger partial charge in [-0.25, -0.2) is 0 Å². The Hall–Kier alpha value is -2.07. The largest absolute Gasteiger partial charge is 0.361 e. The number of hydrogen-bond donors (Lipinski definition) is 2. The summed E-state index contributed by atoms with van der Waals surface area (Å²) in [5.41, 5.74) is 3.90. The third kappa shape index (κ3) is 2.02. The van der Waals surface area contributed by atoms with Gasteiger partial charge in [-0.15, -0.1) is 0 Å². The number of nitrogens with zero attached hydrogens (tertiary/aromatic N) is 2. The first-order valence-electron chi connectivity index (χ1n) is 7.19. The van der Waals surface area contributed by atoms with Crippen molar-refractivity contribution in [2.75, 3.05) is 0 Å². The van der Waals surface area contributed by atoms with Crippen molar-refractivity contribution < 1.29 is 0 Å². The minimum Gasteiger partial charge on any atom is -0.361 e. The van der Waals surface area contributed by atoms with Gasteiger partial charge < -0.3 is 10.3 Å². The van der Waals surface area contributed by atoms with Gasteiger partial charge in [-0.3, -0.25) is 4.68 Å². The van der Waals surface area contributed by atoms with Crippen molar-refractivity contribution in [2.45, 2.75) is 32.0 Å². The Morgan fingerprint density at radius 1 is 1.30 bits per heavy atom. The molecule has 2 aromatic heterocycles. The highest BCUT2D eigenvalue weighted by Gasteiger charge is 2.18. The fraction of sp³-hybridized carbons (Fsp3) is 0.312. The number of H-pyrrole nitrogens is 1. The molecule has 0 saturated carbocycles. The number of rotatable bonds is 3. The minimum atomic E-state index is 0.549. The number of nitrogens with one attached hydrogen (secondary N) is 2. The van der Waals surface area contributed by atoms with Crippen molar-refractivity contribution in [3.8, 4) is 0 Å². The first-order valence-corrected chi connectivity index (χ1v) is 7.19. The van der Waals surface area contributed by atoms with Gasteiger partial charge in [-0.2, -0.15) is 5.10 Å². The van der Waals surface area contributed by atoms with Gasteiger partial charge in [-0.1, -0.05) is 18.2 Å². The molecule has 0 spiro atoms. The second kappa shape index (κ2) is 4.80. The molecule has 20 heavy (non-hydrogen) atoms. The van der Waals surface area contributed by atoms with Gasteiger partial charge in [0.15, 0.2) is 0 Å². The Kier molecular flexibility index (Phi) is 2.81. The average Bonchev–Trinajstić information content (AvgIpc) is 3.11. The lowest BCUT2D eigenvalue weighted by atomic mass is 10.0. The summed E-state index contributed by atoms with van der Waals surface area (Å²) in [4.78, 5) is 3.33. The average molecular weight is 266 g/mol. The van der Waals surface area contributed by atoms with Gasteiger partial charge in [0.1, 0.15) is 0 Å². The number of fused-ring (bicyclic) bond motifs is 2. The molecule has 0 amide bonds. The van der Waals surface area contributed by atoms with E-state index in [1.165, 1.54) is 22.2 Å². The maximum atomic E-state index is 4.33. The lowest BCUT2D eigenvalue weighted by Gasteiger charge is -2.24. The third-order valence-electron chi connectivity index (χ3n) is 4.21. The molecule has 0 fully saturated rings. The van der Waals surface area contributed by atoms with Gasteiger partial charge in [0.2, 0.25) is 0 Å². The quantitative estimate of drug-likeness (QED) is 0.765. The molecule has 0 radical (unpaired) electrons. The topological polar surface area (TPSA) is 45.6 Å². The molecule has 2 N–H and O–H groups in total. The summed E-state index contributed by atoms with van der Waals surface area (Å²) in [6.07, 6.45) is 6.24. The number of hydrogen-bond acceptors (Lipinski definition) is 2. The van der Waals surface area contributed by atoms with Crippen LogP contribution in [0.2, 0.25) is 0 Å². The van der Waals surface area contributed by atoms with Crippen LogP contribution in [0.25, 0.3) is 10.9 Å². The van der Waals surface area contributed by atoms with Crippen LogP contribution in [0.4, 0.5) is 0 Å². The minimum absolute atomic E-state index is 0.549. The number of aryl methyl sites for hydroxylation is 1. The predicted molar refractivity (Wildman–Crippen MR) is 79.5 cm³/mol. The Bertz CT molecular complexity index is 725. The maximum absolute atomic E-state index is 4.33. The summed E-state index contributed by atoms with van der Waals surface area (Å²) in [6, 6.07) is 11.1. The summed E-state index contributed by atoms with van der Waals surface area (Å²) in [6.45, 7) is 1.94. The summed E-state index contributed by atoms with van der Waals surface area (Å²) >= 11 is 0. The molecule has 1 atom stereocenters. The molecule has 102 valence electrons. The first kappa shape index (κ1) is 11.7. The van der Waals surface area contributed by atoms with E-state index >= 15 is 0 Å². The third-order valence-corrected chi connectivity index (χ3v) is 4.21. The number of benzene rings is 1. The maximum Gasteiger partial charge on any atom is 0.0492 e. The van der Waals surface area contributed by atoms with E-state index in [0.717, 1.165) is 25.9 Å². The van der Waals surface area contributed by atoms with Crippen LogP contribution in [-0.2, 0) is 19.5 Å². The smallest absolute Gasteiger partial charge is 0.0492 e. The summed E-state index contributed by atoms with van der Waals surface area (Å²) in [7, 11) is 0. The SMILES string of the molecule is c1ccc2c(CN[C@@H]3CCn4nccc4C3)c[nH]c2c1. The van der Waals surface area contributed by atoms with Gasteiger partial charge in [0.25, 0.3) is 0 Å². The van der Waals surface area contributed by atoms with Crippen LogP contribution < -0.4 is 5.32 Å². The standard InChI is InChI=1S/C16H18N4/c1-2-4-16-15(3-1)12(11-18-16)10-17-13-6-8-20-14(9-13)5-7-19-20/h1-5,7,11,13,17-18H,6,8-10H2/t13-/m1/s1.